The van der Waals surface area contributed by atoms with Gasteiger partial charge in [0.05, 0.1) is 6.61 Å². The molecular weight excluding hydrogens is 332 g/mol. The maximum absolute atomic E-state index is 6.47. The summed E-state index contributed by atoms with van der Waals surface area (Å²) in [6, 6.07) is 12.4. The van der Waals surface area contributed by atoms with E-state index in [0.717, 1.165) is 35.7 Å². The second-order valence-corrected chi connectivity index (χ2v) is 8.26. The molecular formula is C25H35O2. The minimum absolute atomic E-state index is 0.543. The fourth-order valence-electron chi connectivity index (χ4n) is 3.36. The van der Waals surface area contributed by atoms with E-state index in [1.807, 2.05) is 37.3 Å². The lowest BCUT2D eigenvalue weighted by Gasteiger charge is -2.25. The minimum atomic E-state index is 0.543. The molecule has 0 spiro atoms. The molecule has 0 amide bonds. The van der Waals surface area contributed by atoms with E-state index in [-0.39, 0.29) is 0 Å². The third-order valence-electron chi connectivity index (χ3n) is 4.46. The number of para-hydroxylation sites is 1. The van der Waals surface area contributed by atoms with Crippen LogP contribution < -0.4 is 9.47 Å². The molecule has 2 nitrogen and oxygen atoms in total. The molecule has 0 aliphatic rings. The normalized spacial score (nSPS) is 11.5. The van der Waals surface area contributed by atoms with E-state index >= 15 is 0 Å². The van der Waals surface area contributed by atoms with Crippen LogP contribution >= 0.6 is 0 Å². The van der Waals surface area contributed by atoms with Gasteiger partial charge in [-0.25, -0.2) is 0 Å². The lowest BCUT2D eigenvalue weighted by molar-refractivity contribution is 0.316. The number of hydrogen-bond donors (Lipinski definition) is 0. The van der Waals surface area contributed by atoms with Gasteiger partial charge in [0.15, 0.2) is 11.5 Å². The highest BCUT2D eigenvalue weighted by molar-refractivity contribution is 5.60. The van der Waals surface area contributed by atoms with Crippen LogP contribution in [0.1, 0.15) is 65.2 Å². The molecule has 1 radical (unpaired) electrons. The molecule has 147 valence electrons. The summed E-state index contributed by atoms with van der Waals surface area (Å²) >= 11 is 0. The Labute approximate surface area is 165 Å². The number of ether oxygens (including phenoxy) is 2. The Kier molecular flexibility index (Phi) is 7.77. The highest BCUT2D eigenvalue weighted by Crippen LogP contribution is 2.44. The van der Waals surface area contributed by atoms with Gasteiger partial charge in [0, 0.05) is 17.0 Å². The molecule has 0 fully saturated rings. The van der Waals surface area contributed by atoms with Crippen LogP contribution in [0.4, 0.5) is 0 Å². The first kappa shape index (κ1) is 21.3. The highest BCUT2D eigenvalue weighted by atomic mass is 16.5. The van der Waals surface area contributed by atoms with Crippen molar-refractivity contribution in [2.45, 2.75) is 61.3 Å². The van der Waals surface area contributed by atoms with Gasteiger partial charge in [0.1, 0.15) is 5.75 Å². The van der Waals surface area contributed by atoms with E-state index < -0.39 is 0 Å². The van der Waals surface area contributed by atoms with Crippen LogP contribution in [-0.2, 0) is 12.8 Å². The molecule has 2 heteroatoms. The Morgan fingerprint density at radius 1 is 0.889 bits per heavy atom. The second kappa shape index (κ2) is 9.82. The van der Waals surface area contributed by atoms with Gasteiger partial charge in [0.2, 0.25) is 0 Å². The SMILES string of the molecule is CCOc1c([C](C)C)cc(CC(C)C)c(CC(C)C)c1Oc1ccccc1. The van der Waals surface area contributed by atoms with Crippen molar-refractivity contribution < 1.29 is 9.47 Å². The summed E-state index contributed by atoms with van der Waals surface area (Å²) in [5, 5.41) is 0. The lowest BCUT2D eigenvalue weighted by atomic mass is 9.87. The van der Waals surface area contributed by atoms with Crippen LogP contribution in [0.25, 0.3) is 0 Å². The van der Waals surface area contributed by atoms with E-state index in [4.69, 9.17) is 9.47 Å². The van der Waals surface area contributed by atoms with E-state index in [1.54, 1.807) is 0 Å². The molecule has 0 atom stereocenters. The van der Waals surface area contributed by atoms with Crippen LogP contribution in [0.3, 0.4) is 0 Å². The van der Waals surface area contributed by atoms with E-state index in [0.29, 0.717) is 18.4 Å². The summed E-state index contributed by atoms with van der Waals surface area (Å²) in [6.07, 6.45) is 2.02. The lowest BCUT2D eigenvalue weighted by Crippen LogP contribution is -2.10. The topological polar surface area (TPSA) is 18.5 Å². The molecule has 0 aromatic heterocycles. The number of benzene rings is 2. The molecule has 0 bridgehead atoms. The summed E-state index contributed by atoms with van der Waals surface area (Å²) in [6.45, 7) is 16.0. The number of rotatable bonds is 9. The van der Waals surface area contributed by atoms with Gasteiger partial charge in [-0.15, -0.1) is 0 Å². The summed E-state index contributed by atoms with van der Waals surface area (Å²) in [7, 11) is 0. The van der Waals surface area contributed by atoms with Crippen LogP contribution in [0.2, 0.25) is 0 Å². The Balaban J connectivity index is 2.71. The van der Waals surface area contributed by atoms with Crippen LogP contribution in [0, 0.1) is 17.8 Å². The number of hydrogen-bond acceptors (Lipinski definition) is 2. The van der Waals surface area contributed by atoms with E-state index in [9.17, 15) is 0 Å². The molecule has 0 unspecified atom stereocenters. The van der Waals surface area contributed by atoms with Crippen molar-refractivity contribution in [2.24, 2.45) is 11.8 Å². The predicted octanol–water partition coefficient (Wildman–Crippen LogP) is 7.24. The summed E-state index contributed by atoms with van der Waals surface area (Å²) in [5.41, 5.74) is 3.83. The fraction of sp³-hybridized carbons (Fsp3) is 0.480. The van der Waals surface area contributed by atoms with Crippen molar-refractivity contribution in [2.75, 3.05) is 6.61 Å². The maximum atomic E-state index is 6.47. The third kappa shape index (κ3) is 5.76. The van der Waals surface area contributed by atoms with Gasteiger partial charge in [-0.2, -0.15) is 0 Å². The van der Waals surface area contributed by atoms with Crippen LogP contribution in [0.15, 0.2) is 36.4 Å². The van der Waals surface area contributed by atoms with Crippen molar-refractivity contribution in [3.8, 4) is 17.2 Å². The Morgan fingerprint density at radius 2 is 1.52 bits per heavy atom. The average molecular weight is 368 g/mol. The maximum Gasteiger partial charge on any atom is 0.173 e. The second-order valence-electron chi connectivity index (χ2n) is 8.26. The van der Waals surface area contributed by atoms with Gasteiger partial charge in [0.25, 0.3) is 0 Å². The molecule has 27 heavy (non-hydrogen) atoms. The van der Waals surface area contributed by atoms with Gasteiger partial charge in [-0.05, 0) is 49.3 Å². The minimum Gasteiger partial charge on any atom is -0.490 e. The van der Waals surface area contributed by atoms with Crippen molar-refractivity contribution in [1.29, 1.82) is 0 Å². The summed E-state index contributed by atoms with van der Waals surface area (Å²) < 4.78 is 12.6. The molecule has 0 saturated carbocycles. The first-order chi connectivity index (χ1) is 12.8. The smallest absolute Gasteiger partial charge is 0.173 e. The third-order valence-corrected chi connectivity index (χ3v) is 4.46. The largest absolute Gasteiger partial charge is 0.490 e. The zero-order valence-corrected chi connectivity index (χ0v) is 18.1. The molecule has 2 aromatic carbocycles. The van der Waals surface area contributed by atoms with Gasteiger partial charge < -0.3 is 9.47 Å². The highest BCUT2D eigenvalue weighted by Gasteiger charge is 2.24. The van der Waals surface area contributed by atoms with E-state index in [2.05, 4.69) is 47.6 Å². The summed E-state index contributed by atoms with van der Waals surface area (Å²) in [4.78, 5) is 0. The van der Waals surface area contributed by atoms with E-state index in [1.165, 1.54) is 17.0 Å². The zero-order valence-electron chi connectivity index (χ0n) is 18.1. The average Bonchev–Trinajstić information content (AvgIpc) is 2.59. The molecule has 0 aliphatic carbocycles. The molecule has 0 N–H and O–H groups in total. The van der Waals surface area contributed by atoms with Crippen molar-refractivity contribution >= 4 is 0 Å². The van der Waals surface area contributed by atoms with Gasteiger partial charge in [-0.3, -0.25) is 0 Å². The molecule has 2 aromatic rings. The quantitative estimate of drug-likeness (QED) is 0.465. The van der Waals surface area contributed by atoms with Crippen LogP contribution in [-0.4, -0.2) is 6.61 Å². The zero-order chi connectivity index (χ0) is 20.0. The van der Waals surface area contributed by atoms with Crippen molar-refractivity contribution in [3.05, 3.63) is 59.0 Å². The van der Waals surface area contributed by atoms with Gasteiger partial charge in [-0.1, -0.05) is 65.8 Å². The van der Waals surface area contributed by atoms with Crippen LogP contribution in [0.5, 0.6) is 17.2 Å². The first-order valence-corrected chi connectivity index (χ1v) is 10.2. The Morgan fingerprint density at radius 3 is 2.04 bits per heavy atom. The Hall–Kier alpha value is -1.96. The van der Waals surface area contributed by atoms with Crippen molar-refractivity contribution in [3.63, 3.8) is 0 Å². The fourth-order valence-corrected chi connectivity index (χ4v) is 3.36. The molecule has 0 saturated heterocycles. The van der Waals surface area contributed by atoms with Crippen molar-refractivity contribution in [1.82, 2.24) is 0 Å². The standard InChI is InChI=1S/C25H35O2/c1-8-26-24-22(19(6)7)16-20(14-17(2)3)23(15-18(4)5)25(24)27-21-12-10-9-11-13-21/h9-13,16-18H,8,14-15H2,1-7H3. The molecule has 0 aliphatic heterocycles. The molecule has 2 rings (SSSR count). The summed E-state index contributed by atoms with van der Waals surface area (Å²) in [5.74, 6) is 5.00. The Bertz CT molecular complexity index is 715. The molecule has 0 heterocycles. The predicted molar refractivity (Wildman–Crippen MR) is 115 cm³/mol. The van der Waals surface area contributed by atoms with Gasteiger partial charge >= 0.3 is 0 Å². The monoisotopic (exact) mass is 367 g/mol. The first-order valence-electron chi connectivity index (χ1n) is 10.2.